The van der Waals surface area contributed by atoms with Crippen LogP contribution in [0.25, 0.3) is 0 Å². The average Bonchev–Trinajstić information content (AvgIpc) is 3.27. The topological polar surface area (TPSA) is 61.8 Å². The van der Waals surface area contributed by atoms with E-state index in [9.17, 15) is 9.59 Å². The Labute approximate surface area is 381 Å². The maximum Gasteiger partial charge on any atom is 0.306 e. The molecule has 0 rings (SSSR count). The number of hydrogen-bond acceptors (Lipinski definition) is 5. The molecular formula is C57H88O5. The van der Waals surface area contributed by atoms with E-state index in [1.165, 1.54) is 0 Å². The summed E-state index contributed by atoms with van der Waals surface area (Å²) >= 11 is 0. The van der Waals surface area contributed by atoms with E-state index >= 15 is 0 Å². The lowest BCUT2D eigenvalue weighted by Gasteiger charge is -2.18. The fourth-order valence-electron chi connectivity index (χ4n) is 5.84. The van der Waals surface area contributed by atoms with Gasteiger partial charge >= 0.3 is 11.9 Å². The van der Waals surface area contributed by atoms with Gasteiger partial charge in [-0.1, -0.05) is 179 Å². The third-order valence-electron chi connectivity index (χ3n) is 9.35. The summed E-state index contributed by atoms with van der Waals surface area (Å²) in [6.07, 6.45) is 74.3. The molecule has 0 aliphatic heterocycles. The Bertz CT molecular complexity index is 1380. The van der Waals surface area contributed by atoms with Gasteiger partial charge in [0.2, 0.25) is 0 Å². The zero-order valence-electron chi connectivity index (χ0n) is 39.6. The molecule has 0 aromatic heterocycles. The van der Waals surface area contributed by atoms with E-state index in [4.69, 9.17) is 14.2 Å². The molecule has 0 aliphatic carbocycles. The van der Waals surface area contributed by atoms with E-state index in [-0.39, 0.29) is 25.2 Å². The van der Waals surface area contributed by atoms with Crippen molar-refractivity contribution in [2.45, 2.75) is 181 Å². The molecule has 5 nitrogen and oxygen atoms in total. The summed E-state index contributed by atoms with van der Waals surface area (Å²) in [5.74, 6) is -0.533. The van der Waals surface area contributed by atoms with Crippen molar-refractivity contribution in [1.29, 1.82) is 0 Å². The lowest BCUT2D eigenvalue weighted by Crippen LogP contribution is -2.30. The number of carbonyl (C=O) groups excluding carboxylic acids is 2. The van der Waals surface area contributed by atoms with Crippen molar-refractivity contribution in [3.05, 3.63) is 146 Å². The molecule has 5 heteroatoms. The maximum absolute atomic E-state index is 12.8. The van der Waals surface area contributed by atoms with Crippen LogP contribution in [0.4, 0.5) is 0 Å². The minimum absolute atomic E-state index is 0.0200. The summed E-state index contributed by atoms with van der Waals surface area (Å²) in [6, 6.07) is 0. The third-order valence-corrected chi connectivity index (χ3v) is 9.35. The lowest BCUT2D eigenvalue weighted by atomic mass is 10.1. The first kappa shape index (κ1) is 57.8. The van der Waals surface area contributed by atoms with Crippen molar-refractivity contribution >= 4 is 11.9 Å². The highest BCUT2D eigenvalue weighted by molar-refractivity contribution is 5.70. The van der Waals surface area contributed by atoms with Gasteiger partial charge in [0.25, 0.3) is 0 Å². The molecule has 0 saturated heterocycles. The van der Waals surface area contributed by atoms with Crippen LogP contribution in [0.1, 0.15) is 175 Å². The Morgan fingerprint density at radius 2 is 0.694 bits per heavy atom. The van der Waals surface area contributed by atoms with Crippen molar-refractivity contribution in [2.75, 3.05) is 19.8 Å². The quantitative estimate of drug-likeness (QED) is 0.0348. The molecule has 0 fully saturated rings. The molecule has 0 aromatic rings. The number of esters is 2. The Kier molecular flexibility index (Phi) is 47.7. The van der Waals surface area contributed by atoms with Gasteiger partial charge in [0.05, 0.1) is 6.61 Å². The van der Waals surface area contributed by atoms with Crippen LogP contribution in [0.2, 0.25) is 0 Å². The molecule has 0 N–H and O–H groups in total. The molecule has 346 valence electrons. The Hall–Kier alpha value is -4.22. The number of rotatable bonds is 42. The summed E-state index contributed by atoms with van der Waals surface area (Å²) < 4.78 is 17.3. The Morgan fingerprint density at radius 1 is 0.355 bits per heavy atom. The maximum atomic E-state index is 12.8. The molecule has 62 heavy (non-hydrogen) atoms. The first-order valence-electron chi connectivity index (χ1n) is 24.4. The van der Waals surface area contributed by atoms with Crippen molar-refractivity contribution < 1.29 is 23.8 Å². The average molecular weight is 853 g/mol. The van der Waals surface area contributed by atoms with E-state index in [1.807, 2.05) is 0 Å². The summed E-state index contributed by atoms with van der Waals surface area (Å²) in [5.41, 5.74) is 0. The fourth-order valence-corrected chi connectivity index (χ4v) is 5.84. The normalized spacial score (nSPS) is 13.5. The molecule has 0 amide bonds. The van der Waals surface area contributed by atoms with Gasteiger partial charge in [-0.2, -0.15) is 0 Å². The minimum Gasteiger partial charge on any atom is -0.462 e. The van der Waals surface area contributed by atoms with Gasteiger partial charge in [0, 0.05) is 19.4 Å². The van der Waals surface area contributed by atoms with Crippen LogP contribution < -0.4 is 0 Å². The van der Waals surface area contributed by atoms with Crippen LogP contribution in [0.15, 0.2) is 146 Å². The van der Waals surface area contributed by atoms with Gasteiger partial charge in [0.1, 0.15) is 6.61 Å². The first-order valence-corrected chi connectivity index (χ1v) is 24.4. The van der Waals surface area contributed by atoms with Crippen molar-refractivity contribution in [3.63, 3.8) is 0 Å². The minimum atomic E-state index is -0.602. The fraction of sp³-hybridized carbons (Fsp3) is 0.544. The zero-order chi connectivity index (χ0) is 44.9. The first-order chi connectivity index (χ1) is 30.6. The largest absolute Gasteiger partial charge is 0.462 e. The van der Waals surface area contributed by atoms with Crippen molar-refractivity contribution in [2.24, 2.45) is 0 Å². The predicted octanol–water partition coefficient (Wildman–Crippen LogP) is 16.6. The third kappa shape index (κ3) is 48.4. The molecule has 1 unspecified atom stereocenters. The number of carbonyl (C=O) groups is 2. The molecule has 0 aliphatic rings. The summed E-state index contributed by atoms with van der Waals surface area (Å²) in [6.45, 7) is 7.28. The van der Waals surface area contributed by atoms with Gasteiger partial charge < -0.3 is 14.2 Å². The van der Waals surface area contributed by atoms with Gasteiger partial charge in [-0.05, 0) is 128 Å². The molecule has 0 spiro atoms. The van der Waals surface area contributed by atoms with Gasteiger partial charge in [-0.25, -0.2) is 0 Å². The number of allylic oxidation sites excluding steroid dienone is 24. The zero-order valence-corrected chi connectivity index (χ0v) is 39.6. The predicted molar refractivity (Wildman–Crippen MR) is 269 cm³/mol. The monoisotopic (exact) mass is 853 g/mol. The second-order valence-corrected chi connectivity index (χ2v) is 15.2. The van der Waals surface area contributed by atoms with Crippen LogP contribution in [-0.4, -0.2) is 37.9 Å². The molecular weight excluding hydrogens is 765 g/mol. The molecule has 0 radical (unpaired) electrons. The number of ether oxygens (including phenoxy) is 3. The van der Waals surface area contributed by atoms with Gasteiger partial charge in [0.15, 0.2) is 6.10 Å². The van der Waals surface area contributed by atoms with Crippen LogP contribution >= 0.6 is 0 Å². The Balaban J connectivity index is 4.50. The van der Waals surface area contributed by atoms with Crippen LogP contribution in [-0.2, 0) is 23.8 Å². The summed E-state index contributed by atoms with van der Waals surface area (Å²) in [7, 11) is 0. The van der Waals surface area contributed by atoms with E-state index in [1.54, 1.807) is 0 Å². The highest BCUT2D eigenvalue weighted by Crippen LogP contribution is 2.10. The van der Waals surface area contributed by atoms with Gasteiger partial charge in [-0.15, -0.1) is 0 Å². The van der Waals surface area contributed by atoms with Gasteiger partial charge in [-0.3, -0.25) is 9.59 Å². The van der Waals surface area contributed by atoms with E-state index < -0.39 is 6.10 Å². The van der Waals surface area contributed by atoms with Crippen molar-refractivity contribution in [3.8, 4) is 0 Å². The van der Waals surface area contributed by atoms with Crippen molar-refractivity contribution in [1.82, 2.24) is 0 Å². The van der Waals surface area contributed by atoms with Crippen LogP contribution in [0.3, 0.4) is 0 Å². The highest BCUT2D eigenvalue weighted by atomic mass is 16.6. The molecule has 0 aromatic carbocycles. The second-order valence-electron chi connectivity index (χ2n) is 15.2. The van der Waals surface area contributed by atoms with E-state index in [0.29, 0.717) is 25.9 Å². The second kappa shape index (κ2) is 51.1. The Morgan fingerprint density at radius 3 is 1.10 bits per heavy atom. The standard InChI is InChI=1S/C57H88O5/c1-4-7-10-13-16-19-22-25-27-29-30-33-35-38-41-44-47-50-56(58)61-54-55(62-57(59)51-48-45-42-39-36-32-24-21-18-15-12-9-6-3)53-60-52-49-46-43-40-37-34-31-28-26-23-20-17-14-11-8-5-2/h7-12,16-21,25-28,30,32-34,36-38,41,55H,4-6,13-15,22-24,29,31,35,39-40,42-54H2,1-3H3/b10-7-,11-8-,12-9-,19-16-,20-17-,21-18-,27-25-,28-26-,33-30-,36-32-,37-34-,41-38-. The molecule has 0 heterocycles. The molecule has 0 bridgehead atoms. The number of hydrogen-bond donors (Lipinski definition) is 0. The number of unbranched alkanes of at least 4 members (excludes halogenated alkanes) is 7. The smallest absolute Gasteiger partial charge is 0.306 e. The SMILES string of the molecule is CC/C=C\C/C=C\C/C=C\C/C=C\C/C=C\CCCC(=O)OCC(COCCCCC/C=C\C/C=C\C/C=C\C/C=C\CC)OC(=O)CCCCC/C=C\C/C=C\C/C=C\CC. The summed E-state index contributed by atoms with van der Waals surface area (Å²) in [5, 5.41) is 0. The highest BCUT2D eigenvalue weighted by Gasteiger charge is 2.17. The van der Waals surface area contributed by atoms with E-state index in [2.05, 4.69) is 167 Å². The lowest BCUT2D eigenvalue weighted by molar-refractivity contribution is -0.163. The molecule has 1 atom stereocenters. The molecule has 0 saturated carbocycles. The van der Waals surface area contributed by atoms with Crippen LogP contribution in [0.5, 0.6) is 0 Å². The summed E-state index contributed by atoms with van der Waals surface area (Å²) in [4.78, 5) is 25.3. The van der Waals surface area contributed by atoms with E-state index in [0.717, 1.165) is 135 Å². The van der Waals surface area contributed by atoms with Crippen LogP contribution in [0, 0.1) is 0 Å².